The Bertz CT molecular complexity index is 823. The van der Waals surface area contributed by atoms with Crippen LogP contribution in [0.4, 0.5) is 0 Å². The van der Waals surface area contributed by atoms with E-state index in [2.05, 4.69) is 23.5 Å². The highest BCUT2D eigenvalue weighted by Crippen LogP contribution is 2.55. The smallest absolute Gasteiger partial charge is 0.261 e. The van der Waals surface area contributed by atoms with Crippen molar-refractivity contribution in [2.45, 2.75) is 63.5 Å². The van der Waals surface area contributed by atoms with Gasteiger partial charge in [-0.1, -0.05) is 37.3 Å². The highest BCUT2D eigenvalue weighted by atomic mass is 16.5. The molecule has 142 valence electrons. The Hall–Kier alpha value is -2.03. The van der Waals surface area contributed by atoms with Crippen LogP contribution in [0, 0.1) is 17.8 Å². The number of carbonyl (C=O) groups is 1. The summed E-state index contributed by atoms with van der Waals surface area (Å²) in [6.45, 7) is 2.03. The van der Waals surface area contributed by atoms with Gasteiger partial charge in [-0.3, -0.25) is 4.79 Å². The van der Waals surface area contributed by atoms with E-state index in [9.17, 15) is 4.79 Å². The van der Waals surface area contributed by atoms with E-state index in [0.717, 1.165) is 28.9 Å². The zero-order valence-corrected chi connectivity index (χ0v) is 16.1. The first-order chi connectivity index (χ1) is 13.1. The number of carbonyl (C=O) groups excluding carboxylic acids is 1. The third-order valence-electron chi connectivity index (χ3n) is 7.09. The Morgan fingerprint density at radius 3 is 2.30 bits per heavy atom. The third kappa shape index (κ3) is 3.22. The Balaban J connectivity index is 1.30. The number of ether oxygens (including phenoxy) is 1. The summed E-state index contributed by atoms with van der Waals surface area (Å²) >= 11 is 0. The van der Waals surface area contributed by atoms with Crippen molar-refractivity contribution < 1.29 is 9.53 Å². The maximum absolute atomic E-state index is 13.1. The molecular formula is C24H29NO2. The van der Waals surface area contributed by atoms with Gasteiger partial charge >= 0.3 is 0 Å². The van der Waals surface area contributed by atoms with Gasteiger partial charge in [0.05, 0.1) is 0 Å². The fourth-order valence-electron chi connectivity index (χ4n) is 6.33. The summed E-state index contributed by atoms with van der Waals surface area (Å²) in [5.74, 6) is 3.35. The van der Waals surface area contributed by atoms with E-state index < -0.39 is 6.10 Å². The van der Waals surface area contributed by atoms with Gasteiger partial charge in [-0.15, -0.1) is 0 Å². The number of hydrogen-bond donors (Lipinski definition) is 1. The molecule has 4 fully saturated rings. The van der Waals surface area contributed by atoms with Crippen LogP contribution in [0.5, 0.6) is 5.75 Å². The zero-order valence-electron chi connectivity index (χ0n) is 16.1. The number of rotatable bonds is 5. The molecule has 27 heavy (non-hydrogen) atoms. The SMILES string of the molecule is CC[C@@H](Oc1ccc2ccccc2c1)C(=O)NC12CC3CC(CC(C3)C1)C2. The van der Waals surface area contributed by atoms with E-state index in [-0.39, 0.29) is 11.4 Å². The van der Waals surface area contributed by atoms with Gasteiger partial charge in [0.25, 0.3) is 5.91 Å². The van der Waals surface area contributed by atoms with E-state index in [1.54, 1.807) is 0 Å². The van der Waals surface area contributed by atoms with Crippen LogP contribution in [0.1, 0.15) is 51.9 Å². The fourth-order valence-corrected chi connectivity index (χ4v) is 6.33. The van der Waals surface area contributed by atoms with Gasteiger partial charge < -0.3 is 10.1 Å². The van der Waals surface area contributed by atoms with Gasteiger partial charge in [0.2, 0.25) is 0 Å². The lowest BCUT2D eigenvalue weighted by Gasteiger charge is -2.57. The highest BCUT2D eigenvalue weighted by Gasteiger charge is 2.51. The molecule has 0 aliphatic heterocycles. The number of hydrogen-bond acceptors (Lipinski definition) is 2. The summed E-state index contributed by atoms with van der Waals surface area (Å²) in [6, 6.07) is 14.3. The molecule has 6 rings (SSSR count). The lowest BCUT2D eigenvalue weighted by Crippen LogP contribution is -2.61. The topological polar surface area (TPSA) is 38.3 Å². The highest BCUT2D eigenvalue weighted by molar-refractivity contribution is 5.84. The predicted molar refractivity (Wildman–Crippen MR) is 108 cm³/mol. The van der Waals surface area contributed by atoms with Crippen molar-refractivity contribution in [2.24, 2.45) is 17.8 Å². The normalized spacial score (nSPS) is 32.4. The number of benzene rings is 2. The summed E-state index contributed by atoms with van der Waals surface area (Å²) in [7, 11) is 0. The third-order valence-corrected chi connectivity index (χ3v) is 7.09. The van der Waals surface area contributed by atoms with E-state index in [4.69, 9.17) is 4.74 Å². The fraction of sp³-hybridized carbons (Fsp3) is 0.542. The van der Waals surface area contributed by atoms with E-state index in [1.807, 2.05) is 31.2 Å². The van der Waals surface area contributed by atoms with Crippen LogP contribution in [0.15, 0.2) is 42.5 Å². The Morgan fingerprint density at radius 2 is 1.67 bits per heavy atom. The predicted octanol–water partition coefficient (Wildman–Crippen LogP) is 5.08. The Morgan fingerprint density at radius 1 is 1.04 bits per heavy atom. The zero-order chi connectivity index (χ0) is 18.4. The van der Waals surface area contributed by atoms with Crippen LogP contribution in [-0.2, 0) is 4.79 Å². The molecule has 1 amide bonds. The van der Waals surface area contributed by atoms with E-state index in [0.29, 0.717) is 6.42 Å². The summed E-state index contributed by atoms with van der Waals surface area (Å²) in [4.78, 5) is 13.1. The molecule has 4 bridgehead atoms. The first-order valence-electron chi connectivity index (χ1n) is 10.6. The minimum Gasteiger partial charge on any atom is -0.481 e. The van der Waals surface area contributed by atoms with Crippen molar-refractivity contribution in [1.29, 1.82) is 0 Å². The second-order valence-electron chi connectivity index (χ2n) is 9.21. The molecule has 0 saturated heterocycles. The van der Waals surface area contributed by atoms with Crippen molar-refractivity contribution in [3.8, 4) is 5.75 Å². The first kappa shape index (κ1) is 17.1. The van der Waals surface area contributed by atoms with E-state index >= 15 is 0 Å². The quantitative estimate of drug-likeness (QED) is 0.804. The minimum atomic E-state index is -0.417. The van der Waals surface area contributed by atoms with Crippen LogP contribution >= 0.6 is 0 Å². The molecule has 0 radical (unpaired) electrons. The minimum absolute atomic E-state index is 0.0476. The average molecular weight is 364 g/mol. The molecule has 2 aromatic rings. The molecule has 1 atom stereocenters. The van der Waals surface area contributed by atoms with E-state index in [1.165, 1.54) is 43.9 Å². The number of amides is 1. The molecule has 3 heteroatoms. The second kappa shape index (κ2) is 6.54. The van der Waals surface area contributed by atoms with Gasteiger partial charge in [-0.05, 0) is 85.6 Å². The van der Waals surface area contributed by atoms with Crippen LogP contribution in [-0.4, -0.2) is 17.6 Å². The van der Waals surface area contributed by atoms with Gasteiger partial charge in [0, 0.05) is 5.54 Å². The maximum Gasteiger partial charge on any atom is 0.261 e. The van der Waals surface area contributed by atoms with Crippen molar-refractivity contribution in [3.63, 3.8) is 0 Å². The molecule has 4 saturated carbocycles. The summed E-state index contributed by atoms with van der Waals surface area (Å²) in [5, 5.41) is 5.80. The summed E-state index contributed by atoms with van der Waals surface area (Å²) in [6.07, 6.45) is 7.97. The van der Waals surface area contributed by atoms with Crippen LogP contribution < -0.4 is 10.1 Å². The van der Waals surface area contributed by atoms with Gasteiger partial charge in [0.1, 0.15) is 5.75 Å². The molecular weight excluding hydrogens is 334 g/mol. The lowest BCUT2D eigenvalue weighted by atomic mass is 9.53. The van der Waals surface area contributed by atoms with Gasteiger partial charge in [-0.25, -0.2) is 0 Å². The molecule has 0 heterocycles. The lowest BCUT2D eigenvalue weighted by molar-refractivity contribution is -0.134. The van der Waals surface area contributed by atoms with Crippen molar-refractivity contribution >= 4 is 16.7 Å². The van der Waals surface area contributed by atoms with Crippen LogP contribution in [0.2, 0.25) is 0 Å². The molecule has 1 N–H and O–H groups in total. The number of fused-ring (bicyclic) bond motifs is 1. The average Bonchev–Trinajstić information content (AvgIpc) is 2.64. The largest absolute Gasteiger partial charge is 0.481 e. The Kier molecular flexibility index (Phi) is 4.14. The molecule has 3 nitrogen and oxygen atoms in total. The molecule has 0 spiro atoms. The first-order valence-corrected chi connectivity index (χ1v) is 10.6. The van der Waals surface area contributed by atoms with Crippen molar-refractivity contribution in [2.75, 3.05) is 0 Å². The molecule has 4 aliphatic carbocycles. The summed E-state index contributed by atoms with van der Waals surface area (Å²) in [5.41, 5.74) is 0.0476. The monoisotopic (exact) mass is 363 g/mol. The Labute approximate surface area is 161 Å². The summed E-state index contributed by atoms with van der Waals surface area (Å²) < 4.78 is 6.14. The molecule has 0 aromatic heterocycles. The standard InChI is InChI=1S/C24H29NO2/c1-2-22(27-21-8-7-19-5-3-4-6-20(19)12-21)23(26)25-24-13-16-9-17(14-24)11-18(10-16)15-24/h3-8,12,16-18,22H,2,9-11,13-15H2,1H3,(H,25,26)/t16?,17?,18?,22-,24?/m1/s1. The van der Waals surface area contributed by atoms with Crippen LogP contribution in [0.25, 0.3) is 10.8 Å². The number of nitrogens with one attached hydrogen (secondary N) is 1. The second-order valence-corrected chi connectivity index (χ2v) is 9.21. The molecule has 0 unspecified atom stereocenters. The van der Waals surface area contributed by atoms with Gasteiger partial charge in [0.15, 0.2) is 6.10 Å². The molecule has 2 aromatic carbocycles. The van der Waals surface area contributed by atoms with Crippen molar-refractivity contribution in [3.05, 3.63) is 42.5 Å². The van der Waals surface area contributed by atoms with Crippen molar-refractivity contribution in [1.82, 2.24) is 5.32 Å². The van der Waals surface area contributed by atoms with Gasteiger partial charge in [-0.2, -0.15) is 0 Å². The maximum atomic E-state index is 13.1. The van der Waals surface area contributed by atoms with Crippen LogP contribution in [0.3, 0.4) is 0 Å². The molecule has 4 aliphatic rings.